The highest BCUT2D eigenvalue weighted by Crippen LogP contribution is 2.37. The van der Waals surface area contributed by atoms with E-state index < -0.39 is 122 Å². The number of alkyl halides is 6. The number of hydrogen-bond acceptors (Lipinski definition) is 6. The third-order valence-electron chi connectivity index (χ3n) is 14.2. The normalized spacial score (nSPS) is 12.6. The number of unbranched alkanes of at least 4 members (excludes halogenated alkanes) is 2. The van der Waals surface area contributed by atoms with Crippen molar-refractivity contribution in [1.29, 1.82) is 0 Å². The van der Waals surface area contributed by atoms with Crippen molar-refractivity contribution >= 4 is 52.5 Å². The third kappa shape index (κ3) is 18.1. The van der Waals surface area contributed by atoms with E-state index in [1.807, 2.05) is 20.8 Å². The lowest BCUT2D eigenvalue weighted by Crippen LogP contribution is -2.46. The van der Waals surface area contributed by atoms with E-state index in [9.17, 15) is 94.6 Å². The Labute approximate surface area is 507 Å². The molecule has 12 nitrogen and oxygen atoms in total. The highest BCUT2D eigenvalue weighted by Gasteiger charge is 2.48. The molecule has 1 heterocycles. The number of likely N-dealkylation sites (tertiary alicyclic amines) is 1. The Morgan fingerprint density at radius 1 is 0.444 bits per heavy atom. The first-order valence-electron chi connectivity index (χ1n) is 28.0. The number of anilines is 3. The first-order valence-corrected chi connectivity index (χ1v) is 28.0. The number of benzene rings is 6. The van der Waals surface area contributed by atoms with Gasteiger partial charge in [0, 0.05) is 91.7 Å². The van der Waals surface area contributed by atoms with Gasteiger partial charge < -0.3 is 30.7 Å². The lowest BCUT2D eigenvalue weighted by Gasteiger charge is -2.33. The molecule has 0 bridgehead atoms. The molecule has 0 atom stereocenters. The van der Waals surface area contributed by atoms with Gasteiger partial charge in [0.15, 0.2) is 34.9 Å². The molecule has 3 N–H and O–H groups in total. The monoisotopic (exact) mass is 1280 g/mol. The number of nitrogens with zero attached hydrogens (tertiary/aromatic N) is 3. The lowest BCUT2D eigenvalue weighted by molar-refractivity contribution is -0.161. The smallest absolute Gasteiger partial charge is 0.340 e. The summed E-state index contributed by atoms with van der Waals surface area (Å²) < 4.78 is 210. The number of likely N-dealkylation sites (N-methyl/N-ethyl adjacent to an activating group) is 2. The van der Waals surface area contributed by atoms with Crippen molar-refractivity contribution in [2.75, 3.05) is 55.7 Å². The van der Waals surface area contributed by atoms with Crippen molar-refractivity contribution < 1.29 is 94.6 Å². The van der Waals surface area contributed by atoms with Crippen LogP contribution in [-0.2, 0) is 32.2 Å². The summed E-state index contributed by atoms with van der Waals surface area (Å²) in [5, 5.41) is 6.62. The predicted octanol–water partition coefficient (Wildman–Crippen LogP) is 14.9. The highest BCUT2D eigenvalue weighted by molar-refractivity contribution is 6.06. The zero-order valence-electron chi connectivity index (χ0n) is 48.9. The first-order chi connectivity index (χ1) is 42.3. The van der Waals surface area contributed by atoms with Gasteiger partial charge in [-0.3, -0.25) is 28.8 Å². The predicted molar refractivity (Wildman–Crippen MR) is 303 cm³/mol. The molecule has 0 saturated carbocycles. The summed E-state index contributed by atoms with van der Waals surface area (Å²) in [6.45, 7) is 7.69. The summed E-state index contributed by atoms with van der Waals surface area (Å²) in [6.07, 6.45) is 4.45. The van der Waals surface area contributed by atoms with Crippen molar-refractivity contribution in [2.45, 2.75) is 90.4 Å². The Morgan fingerprint density at radius 2 is 0.778 bits per heavy atom. The number of hydrogen-bond donors (Lipinski definition) is 3. The molecule has 0 radical (unpaired) electrons. The second-order valence-electron chi connectivity index (χ2n) is 20.5. The van der Waals surface area contributed by atoms with Gasteiger partial charge in [0.25, 0.3) is 35.4 Å². The van der Waals surface area contributed by atoms with Gasteiger partial charge in [0.1, 0.15) is 17.5 Å². The molecule has 1 saturated heterocycles. The average molecular weight is 1280 g/mol. The van der Waals surface area contributed by atoms with Crippen LogP contribution >= 0.6 is 0 Å². The molecule has 27 heteroatoms. The van der Waals surface area contributed by atoms with Crippen LogP contribution in [0.15, 0.2) is 109 Å². The molecule has 0 aromatic heterocycles. The van der Waals surface area contributed by atoms with Gasteiger partial charge in [-0.1, -0.05) is 40.0 Å². The first kappa shape index (κ1) is 71.8. The van der Waals surface area contributed by atoms with E-state index in [2.05, 4.69) is 16.0 Å². The van der Waals surface area contributed by atoms with Gasteiger partial charge in [-0.25, -0.2) is 39.5 Å². The van der Waals surface area contributed by atoms with Gasteiger partial charge in [-0.05, 0) is 130 Å². The zero-order chi connectivity index (χ0) is 67.0. The quantitative estimate of drug-likeness (QED) is 0.0648. The van der Waals surface area contributed by atoms with E-state index in [1.165, 1.54) is 14.0 Å². The maximum absolute atomic E-state index is 14.9. The van der Waals surface area contributed by atoms with Crippen molar-refractivity contribution in [3.63, 3.8) is 0 Å². The average Bonchev–Trinajstić information content (AvgIpc) is 0.954. The van der Waals surface area contributed by atoms with Crippen LogP contribution in [0.1, 0.15) is 120 Å². The summed E-state index contributed by atoms with van der Waals surface area (Å²) >= 11 is 0. The Kier molecular flexibility index (Phi) is 25.2. The second kappa shape index (κ2) is 31.5. The number of carbonyl (C=O) groups is 6. The number of amides is 6. The van der Waals surface area contributed by atoms with Crippen LogP contribution in [-0.4, -0.2) is 89.9 Å². The van der Waals surface area contributed by atoms with Crippen molar-refractivity contribution in [1.82, 2.24) is 14.7 Å². The molecule has 0 aliphatic carbocycles. The topological polar surface area (TPSA) is 148 Å². The fraction of sp³-hybridized carbons (Fsp3) is 0.333. The summed E-state index contributed by atoms with van der Waals surface area (Å²) in [7, 11) is 1.18. The van der Waals surface area contributed by atoms with Crippen molar-refractivity contribution in [3.05, 3.63) is 195 Å². The van der Waals surface area contributed by atoms with E-state index in [1.54, 1.807) is 0 Å². The number of nitrogens with one attached hydrogen (secondary N) is 3. The van der Waals surface area contributed by atoms with E-state index in [0.717, 1.165) is 81.8 Å². The largest absolute Gasteiger partial charge is 0.352 e. The van der Waals surface area contributed by atoms with Crippen LogP contribution in [0.5, 0.6) is 0 Å². The van der Waals surface area contributed by atoms with Crippen LogP contribution in [0.4, 0.5) is 82.9 Å². The van der Waals surface area contributed by atoms with E-state index >= 15 is 0 Å². The molecule has 0 unspecified atom stereocenters. The van der Waals surface area contributed by atoms with E-state index in [-0.39, 0.29) is 66.5 Å². The molecule has 1 aliphatic rings. The van der Waals surface area contributed by atoms with Crippen LogP contribution < -0.4 is 16.0 Å². The number of piperidine rings is 1. The second-order valence-corrected chi connectivity index (χ2v) is 20.5. The molecule has 1 fully saturated rings. The molecular weight excluding hydrogens is 1220 g/mol. The Bertz CT molecular complexity index is 3570. The maximum atomic E-state index is 14.9. The van der Waals surface area contributed by atoms with Crippen LogP contribution in [0.3, 0.4) is 0 Å². The van der Waals surface area contributed by atoms with E-state index in [0.29, 0.717) is 93.0 Å². The van der Waals surface area contributed by atoms with Crippen LogP contribution in [0.25, 0.3) is 0 Å². The summed E-state index contributed by atoms with van der Waals surface area (Å²) in [5.74, 6) is -30.7. The lowest BCUT2D eigenvalue weighted by atomic mass is 9.93. The fourth-order valence-corrected chi connectivity index (χ4v) is 8.83. The molecule has 90 heavy (non-hydrogen) atoms. The van der Waals surface area contributed by atoms with Gasteiger partial charge in [-0.2, -0.15) is 26.3 Å². The summed E-state index contributed by atoms with van der Waals surface area (Å²) in [5.41, 5.74) is -5.17. The van der Waals surface area contributed by atoms with Crippen molar-refractivity contribution in [3.8, 4) is 0 Å². The molecule has 6 amide bonds. The van der Waals surface area contributed by atoms with Gasteiger partial charge in [-0.15, -0.1) is 0 Å². The number of carbonyl (C=O) groups excluding carboxylic acids is 6. The van der Waals surface area contributed by atoms with Crippen molar-refractivity contribution in [2.24, 2.45) is 5.92 Å². The van der Waals surface area contributed by atoms with Gasteiger partial charge >= 0.3 is 17.8 Å². The van der Waals surface area contributed by atoms with Crippen LogP contribution in [0, 0.1) is 58.3 Å². The number of rotatable bonds is 20. The Hall–Kier alpha value is -8.91. The minimum Gasteiger partial charge on any atom is -0.340 e. The SMILES string of the molecule is CCC1CCN(C(=O)C(F)(F)c2cc(C(=O)Nc3ccc(F)c(F)c3)ccc2F)CC1.CCCCN(C)C(=O)C(F)(F)c1cc(C(=O)Nc2ccc(F)c(F)c2)ccc1F.CCCCN(CC)C(=O)C(F)(F)c1cc(C(=O)Nc2ccc(F)c(F)c2)ccc1F. The minimum atomic E-state index is -4.19. The third-order valence-corrected chi connectivity index (χ3v) is 14.2. The van der Waals surface area contributed by atoms with Crippen LogP contribution in [0.2, 0.25) is 0 Å². The van der Waals surface area contributed by atoms with E-state index in [4.69, 9.17) is 0 Å². The molecule has 6 aromatic rings. The molecule has 6 aromatic carbocycles. The maximum Gasteiger partial charge on any atom is 0.352 e. The van der Waals surface area contributed by atoms with Gasteiger partial charge in [0.2, 0.25) is 0 Å². The van der Waals surface area contributed by atoms with Gasteiger partial charge in [0.05, 0.1) is 16.7 Å². The molecule has 7 rings (SSSR count). The molecule has 484 valence electrons. The highest BCUT2D eigenvalue weighted by atomic mass is 19.3. The summed E-state index contributed by atoms with van der Waals surface area (Å²) in [4.78, 5) is 76.5. The minimum absolute atomic E-state index is 0.0202. The molecule has 0 spiro atoms. The standard InChI is InChI=1S/C22H21F5N2O2.C21H21F5N2O2.C20H19F5N2O2/c1-2-13-7-9-29(10-8-13)21(31)22(26,27)16-11-14(3-5-17(16)23)20(30)28-15-4-6-18(24)19(25)12-15;1-3-5-10-28(4-2)20(30)21(25,26)15-11-13(6-8-16(15)22)19(29)27-14-7-9-17(23)18(24)12-14;1-3-4-9-27(2)19(29)20(24,25)14-10-12(5-7-15(14)21)18(28)26-13-6-8-16(22)17(23)11-13/h3-6,11-13H,2,7-10H2,1H3,(H,28,30);6-9,11-12H,3-5,10H2,1-2H3,(H,27,29);5-8,10-11H,3-4,9H2,1-2H3,(H,26,28). The number of halogens is 15. The molecule has 1 aliphatic heterocycles. The summed E-state index contributed by atoms with van der Waals surface area (Å²) in [6, 6.07) is 14.3. The fourth-order valence-electron chi connectivity index (χ4n) is 8.83. The Balaban J connectivity index is 0.000000246. The molecular formula is C63H61F15N6O6. The zero-order valence-corrected chi connectivity index (χ0v) is 48.9. The Morgan fingerprint density at radius 3 is 1.11 bits per heavy atom.